The van der Waals surface area contributed by atoms with Gasteiger partial charge in [0.25, 0.3) is 10.0 Å². The second-order valence-electron chi connectivity index (χ2n) is 5.11. The van der Waals surface area contributed by atoms with Gasteiger partial charge in [-0.05, 0) is 46.9 Å². The Bertz CT molecular complexity index is 1060. The number of aryl methyl sites for hydroxylation is 2. The lowest BCUT2D eigenvalue weighted by Gasteiger charge is -2.06. The standard InChI is InChI=1S/C14H12BrN5O3S/c1-8-7-9(2)20-14(16-8)17-12(18-20)13(21)19-24(22,23)11-6-4-3-5-10(11)15/h3-7H,1-2H3,(H,19,21)/p+1. The van der Waals surface area contributed by atoms with E-state index in [1.54, 1.807) is 25.1 Å². The zero-order valence-corrected chi connectivity index (χ0v) is 15.1. The highest BCUT2D eigenvalue weighted by molar-refractivity contribution is 9.10. The number of carbonyl (C=O) groups is 1. The third-order valence-electron chi connectivity index (χ3n) is 3.24. The Morgan fingerprint density at radius 1 is 1.25 bits per heavy atom. The minimum atomic E-state index is -4.03. The van der Waals surface area contributed by atoms with Crippen LogP contribution in [0.15, 0.2) is 39.7 Å². The van der Waals surface area contributed by atoms with E-state index in [2.05, 4.69) is 31.0 Å². The van der Waals surface area contributed by atoms with Crippen molar-refractivity contribution in [2.45, 2.75) is 18.7 Å². The fourth-order valence-electron chi connectivity index (χ4n) is 2.20. The Morgan fingerprint density at radius 2 is 1.96 bits per heavy atom. The number of rotatable bonds is 3. The quantitative estimate of drug-likeness (QED) is 0.626. The van der Waals surface area contributed by atoms with E-state index in [-0.39, 0.29) is 16.5 Å². The van der Waals surface area contributed by atoms with E-state index in [1.807, 2.05) is 17.7 Å². The van der Waals surface area contributed by atoms with Crippen molar-refractivity contribution in [1.82, 2.24) is 19.8 Å². The maximum atomic E-state index is 12.3. The number of benzene rings is 1. The topological polar surface area (TPSA) is 109 Å². The Labute approximate surface area is 146 Å². The van der Waals surface area contributed by atoms with Crippen molar-refractivity contribution in [2.75, 3.05) is 0 Å². The number of hydrogen-bond acceptors (Lipinski definition) is 5. The molecule has 0 bridgehead atoms. The number of sulfonamides is 1. The number of halogens is 1. The van der Waals surface area contributed by atoms with Crippen LogP contribution in [0.2, 0.25) is 0 Å². The lowest BCUT2D eigenvalue weighted by atomic mass is 10.4. The summed E-state index contributed by atoms with van der Waals surface area (Å²) in [5, 5.41) is 2.73. The molecular formula is C14H13BrN5O3S+. The largest absolute Gasteiger partial charge is 0.457 e. The molecular weight excluding hydrogens is 398 g/mol. The summed E-state index contributed by atoms with van der Waals surface area (Å²) in [4.78, 5) is 20.5. The first-order valence-corrected chi connectivity index (χ1v) is 9.13. The van der Waals surface area contributed by atoms with Gasteiger partial charge in [-0.15, -0.1) is 4.52 Å². The highest BCUT2D eigenvalue weighted by Crippen LogP contribution is 2.20. The van der Waals surface area contributed by atoms with Crippen molar-refractivity contribution < 1.29 is 17.7 Å². The number of aromatic nitrogens is 4. The molecule has 0 unspecified atom stereocenters. The molecule has 1 amide bonds. The average Bonchev–Trinajstić information content (AvgIpc) is 2.91. The monoisotopic (exact) mass is 410 g/mol. The minimum absolute atomic E-state index is 0.0349. The van der Waals surface area contributed by atoms with E-state index in [9.17, 15) is 13.2 Å². The molecule has 10 heteroatoms. The molecule has 124 valence electrons. The lowest BCUT2D eigenvalue weighted by molar-refractivity contribution is -0.587. The third kappa shape index (κ3) is 3.02. The first kappa shape index (κ1) is 16.5. The summed E-state index contributed by atoms with van der Waals surface area (Å²) >= 11 is 3.16. The Hall–Kier alpha value is -2.33. The van der Waals surface area contributed by atoms with Crippen LogP contribution in [0.25, 0.3) is 5.78 Å². The molecule has 1 aromatic carbocycles. The highest BCUT2D eigenvalue weighted by Gasteiger charge is 2.26. The maximum Gasteiger partial charge on any atom is 0.457 e. The Balaban J connectivity index is 1.96. The van der Waals surface area contributed by atoms with Gasteiger partial charge in [0.1, 0.15) is 16.3 Å². The van der Waals surface area contributed by atoms with E-state index in [1.165, 1.54) is 10.6 Å². The van der Waals surface area contributed by atoms with Crippen LogP contribution in [0.1, 0.15) is 22.0 Å². The number of aromatic amines is 1. The minimum Gasteiger partial charge on any atom is -0.263 e. The van der Waals surface area contributed by atoms with Gasteiger partial charge < -0.3 is 0 Å². The molecule has 0 aliphatic heterocycles. The zero-order valence-electron chi connectivity index (χ0n) is 12.7. The molecule has 0 spiro atoms. The summed E-state index contributed by atoms with van der Waals surface area (Å²) < 4.78 is 28.6. The summed E-state index contributed by atoms with van der Waals surface area (Å²) in [6.45, 7) is 3.62. The zero-order chi connectivity index (χ0) is 17.5. The van der Waals surface area contributed by atoms with Gasteiger partial charge in [0.15, 0.2) is 0 Å². The molecule has 0 aliphatic rings. The molecule has 0 fully saturated rings. The number of nitrogens with one attached hydrogen (secondary N) is 2. The van der Waals surface area contributed by atoms with E-state index in [0.717, 1.165) is 11.4 Å². The van der Waals surface area contributed by atoms with Crippen molar-refractivity contribution in [3.8, 4) is 0 Å². The molecule has 0 saturated carbocycles. The van der Waals surface area contributed by atoms with Gasteiger partial charge in [-0.2, -0.15) is 0 Å². The molecule has 2 N–H and O–H groups in total. The van der Waals surface area contributed by atoms with Gasteiger partial charge in [-0.25, -0.2) is 18.2 Å². The van der Waals surface area contributed by atoms with Gasteiger partial charge in [0.2, 0.25) is 0 Å². The van der Waals surface area contributed by atoms with Crippen LogP contribution in [0, 0.1) is 13.8 Å². The second kappa shape index (κ2) is 5.95. The molecule has 3 aromatic rings. The van der Waals surface area contributed by atoms with Crippen LogP contribution in [0.3, 0.4) is 0 Å². The van der Waals surface area contributed by atoms with Crippen molar-refractivity contribution in [1.29, 1.82) is 0 Å². The third-order valence-corrected chi connectivity index (χ3v) is 5.59. The fraction of sp³-hybridized carbons (Fsp3) is 0.143. The molecule has 0 saturated heterocycles. The number of hydrogen-bond donors (Lipinski definition) is 2. The van der Waals surface area contributed by atoms with E-state index < -0.39 is 15.9 Å². The molecule has 2 aromatic heterocycles. The van der Waals surface area contributed by atoms with E-state index in [0.29, 0.717) is 4.47 Å². The van der Waals surface area contributed by atoms with Gasteiger partial charge in [0.05, 0.1) is 0 Å². The average molecular weight is 411 g/mol. The summed E-state index contributed by atoms with van der Waals surface area (Å²) in [7, 11) is -4.03. The SMILES string of the molecule is Cc1cc(C)[n+]2[nH]c(C(=O)NS(=O)(=O)c3ccccc3Br)nc2n1. The van der Waals surface area contributed by atoms with Crippen molar-refractivity contribution in [2.24, 2.45) is 0 Å². The fourth-order valence-corrected chi connectivity index (χ4v) is 4.16. The molecule has 0 atom stereocenters. The molecule has 0 radical (unpaired) electrons. The van der Waals surface area contributed by atoms with Gasteiger partial charge in [-0.3, -0.25) is 4.79 Å². The predicted octanol–water partition coefficient (Wildman–Crippen LogP) is 1.04. The van der Waals surface area contributed by atoms with E-state index >= 15 is 0 Å². The van der Waals surface area contributed by atoms with Crippen LogP contribution in [-0.2, 0) is 10.0 Å². The summed E-state index contributed by atoms with van der Waals surface area (Å²) in [6, 6.07) is 8.02. The summed E-state index contributed by atoms with van der Waals surface area (Å²) in [6.07, 6.45) is 0. The van der Waals surface area contributed by atoms with Crippen molar-refractivity contribution in [3.05, 3.63) is 52.0 Å². The maximum absolute atomic E-state index is 12.3. The van der Waals surface area contributed by atoms with Crippen LogP contribution in [-0.4, -0.2) is 29.4 Å². The number of H-pyrrole nitrogens is 1. The normalized spacial score (nSPS) is 11.6. The van der Waals surface area contributed by atoms with Gasteiger partial charge in [0, 0.05) is 10.5 Å². The second-order valence-corrected chi connectivity index (χ2v) is 7.62. The van der Waals surface area contributed by atoms with Crippen molar-refractivity contribution in [3.63, 3.8) is 0 Å². The summed E-state index contributed by atoms with van der Waals surface area (Å²) in [5.41, 5.74) is 1.53. The summed E-state index contributed by atoms with van der Waals surface area (Å²) in [5.74, 6) is -0.726. The van der Waals surface area contributed by atoms with Crippen LogP contribution < -0.4 is 9.24 Å². The first-order valence-electron chi connectivity index (χ1n) is 6.85. The van der Waals surface area contributed by atoms with Gasteiger partial charge >= 0.3 is 17.5 Å². The van der Waals surface area contributed by atoms with E-state index in [4.69, 9.17) is 0 Å². The number of amides is 1. The number of nitrogens with zero attached hydrogens (tertiary/aromatic N) is 3. The van der Waals surface area contributed by atoms with Crippen LogP contribution in [0.5, 0.6) is 0 Å². The Morgan fingerprint density at radius 3 is 2.67 bits per heavy atom. The molecule has 2 heterocycles. The molecule has 0 aliphatic carbocycles. The lowest BCUT2D eigenvalue weighted by Crippen LogP contribution is -2.33. The first-order chi connectivity index (χ1) is 11.3. The molecule has 24 heavy (non-hydrogen) atoms. The number of carbonyl (C=O) groups excluding carboxylic acids is 1. The van der Waals surface area contributed by atoms with Gasteiger partial charge in [-0.1, -0.05) is 17.1 Å². The predicted molar refractivity (Wildman–Crippen MR) is 87.8 cm³/mol. The molecule has 8 nitrogen and oxygen atoms in total. The van der Waals surface area contributed by atoms with Crippen LogP contribution in [0.4, 0.5) is 0 Å². The smallest absolute Gasteiger partial charge is 0.263 e. The van der Waals surface area contributed by atoms with Crippen molar-refractivity contribution >= 4 is 37.6 Å². The highest BCUT2D eigenvalue weighted by atomic mass is 79.9. The Kier molecular flexibility index (Phi) is 4.10. The molecule has 3 rings (SSSR count). The number of fused-ring (bicyclic) bond motifs is 1. The van der Waals surface area contributed by atoms with Crippen LogP contribution >= 0.6 is 15.9 Å².